The third kappa shape index (κ3) is 3.02. The predicted octanol–water partition coefficient (Wildman–Crippen LogP) is 2.56. The number of ether oxygens (including phenoxy) is 3. The number of rotatable bonds is 5. The van der Waals surface area contributed by atoms with Gasteiger partial charge in [-0.25, -0.2) is 4.98 Å². The van der Waals surface area contributed by atoms with Crippen LogP contribution in [0.25, 0.3) is 11.0 Å². The van der Waals surface area contributed by atoms with E-state index in [1.165, 1.54) is 0 Å². The van der Waals surface area contributed by atoms with Gasteiger partial charge in [-0.05, 0) is 33.6 Å². The lowest BCUT2D eigenvalue weighted by Gasteiger charge is -2.14. The molecule has 0 aliphatic carbocycles. The molecule has 0 amide bonds. The van der Waals surface area contributed by atoms with Gasteiger partial charge < -0.3 is 29.6 Å². The molecule has 8 nitrogen and oxygen atoms in total. The van der Waals surface area contributed by atoms with E-state index in [4.69, 9.17) is 19.9 Å². The average molecular weight is 409 g/mol. The van der Waals surface area contributed by atoms with Crippen LogP contribution in [0.2, 0.25) is 0 Å². The molecule has 0 fully saturated rings. The van der Waals surface area contributed by atoms with E-state index in [1.807, 2.05) is 12.1 Å². The second-order valence-corrected chi connectivity index (χ2v) is 6.00. The Morgan fingerprint density at radius 1 is 1.12 bits per heavy atom. The average Bonchev–Trinajstić information content (AvgIpc) is 2.89. The Kier molecular flexibility index (Phi) is 4.58. The Bertz CT molecular complexity index is 917. The van der Waals surface area contributed by atoms with E-state index in [9.17, 15) is 5.11 Å². The molecule has 0 aliphatic heterocycles. The third-order valence-corrected chi connectivity index (χ3v) is 4.32. The highest BCUT2D eigenvalue weighted by Gasteiger charge is 2.17. The molecule has 3 N–H and O–H groups in total. The maximum absolute atomic E-state index is 10.2. The van der Waals surface area contributed by atoms with Crippen LogP contribution in [0.15, 0.2) is 22.9 Å². The summed E-state index contributed by atoms with van der Waals surface area (Å²) in [7, 11) is 4.67. The van der Waals surface area contributed by atoms with Crippen molar-refractivity contribution in [2.75, 3.05) is 27.1 Å². The highest BCUT2D eigenvalue weighted by atomic mass is 79.9. The number of nitrogen functional groups attached to an aromatic ring is 1. The zero-order chi connectivity index (χ0) is 18.1. The van der Waals surface area contributed by atoms with Gasteiger partial charge in [0.15, 0.2) is 17.1 Å². The molecule has 2 heterocycles. The summed E-state index contributed by atoms with van der Waals surface area (Å²) in [5, 5.41) is 10.7. The van der Waals surface area contributed by atoms with E-state index in [-0.39, 0.29) is 11.7 Å². The van der Waals surface area contributed by atoms with E-state index in [1.54, 1.807) is 32.1 Å². The number of aromatic hydroxyl groups is 1. The number of benzene rings is 1. The highest BCUT2D eigenvalue weighted by Crippen LogP contribution is 2.39. The largest absolute Gasteiger partial charge is 0.506 e. The number of methoxy groups -OCH3 is 3. The zero-order valence-electron chi connectivity index (χ0n) is 13.9. The normalized spacial score (nSPS) is 10.9. The summed E-state index contributed by atoms with van der Waals surface area (Å²) in [6, 6.07) is 3.67. The van der Waals surface area contributed by atoms with Crippen molar-refractivity contribution in [2.45, 2.75) is 6.54 Å². The first-order valence-electron chi connectivity index (χ1n) is 7.28. The van der Waals surface area contributed by atoms with Gasteiger partial charge in [0.2, 0.25) is 11.7 Å². The van der Waals surface area contributed by atoms with Crippen LogP contribution >= 0.6 is 15.9 Å². The number of anilines is 1. The van der Waals surface area contributed by atoms with E-state index in [0.717, 1.165) is 5.56 Å². The molecule has 1 aromatic carbocycles. The minimum atomic E-state index is 0.0642. The Morgan fingerprint density at radius 2 is 1.76 bits per heavy atom. The smallest absolute Gasteiger partial charge is 0.223 e. The number of aromatic nitrogens is 3. The molecule has 25 heavy (non-hydrogen) atoms. The van der Waals surface area contributed by atoms with Gasteiger partial charge in [0.25, 0.3) is 0 Å². The number of fused-ring (bicyclic) bond motifs is 1. The van der Waals surface area contributed by atoms with E-state index in [2.05, 4.69) is 25.9 Å². The van der Waals surface area contributed by atoms with Crippen LogP contribution in [0.4, 0.5) is 5.95 Å². The van der Waals surface area contributed by atoms with Gasteiger partial charge in [-0.3, -0.25) is 0 Å². The molecule has 0 bridgehead atoms. The van der Waals surface area contributed by atoms with Gasteiger partial charge in [-0.15, -0.1) is 0 Å². The van der Waals surface area contributed by atoms with Gasteiger partial charge in [0.1, 0.15) is 10.4 Å². The minimum Gasteiger partial charge on any atom is -0.506 e. The molecule has 0 saturated carbocycles. The van der Waals surface area contributed by atoms with Gasteiger partial charge in [-0.1, -0.05) is 0 Å². The highest BCUT2D eigenvalue weighted by molar-refractivity contribution is 9.10. The number of hydrogen-bond acceptors (Lipinski definition) is 7. The minimum absolute atomic E-state index is 0.0642. The first-order valence-corrected chi connectivity index (χ1v) is 8.07. The summed E-state index contributed by atoms with van der Waals surface area (Å²) >= 11 is 3.30. The fraction of sp³-hybridized carbons (Fsp3) is 0.250. The van der Waals surface area contributed by atoms with E-state index < -0.39 is 0 Å². The summed E-state index contributed by atoms with van der Waals surface area (Å²) in [5.74, 6) is 1.79. The number of hydrogen-bond donors (Lipinski definition) is 2. The van der Waals surface area contributed by atoms with Crippen LogP contribution in [0.1, 0.15) is 5.56 Å². The quantitative estimate of drug-likeness (QED) is 0.624. The van der Waals surface area contributed by atoms with Crippen LogP contribution < -0.4 is 19.9 Å². The van der Waals surface area contributed by atoms with Gasteiger partial charge in [0, 0.05) is 12.7 Å². The van der Waals surface area contributed by atoms with Crippen molar-refractivity contribution < 1.29 is 19.3 Å². The van der Waals surface area contributed by atoms with Crippen molar-refractivity contribution in [1.29, 1.82) is 0 Å². The number of nitrogens with two attached hydrogens (primary N) is 1. The van der Waals surface area contributed by atoms with Gasteiger partial charge >= 0.3 is 0 Å². The molecule has 0 spiro atoms. The maximum atomic E-state index is 10.2. The maximum Gasteiger partial charge on any atom is 0.223 e. The standard InChI is InChI=1S/C16H17BrN4O4/c1-23-10-4-8(5-11(24-2)13(10)25-3)6-21-7-9(22)12-14(17)19-16(18)20-15(12)21/h4-5,7,22H,6H2,1-3H3,(H2,18,19,20). The van der Waals surface area contributed by atoms with Gasteiger partial charge in [-0.2, -0.15) is 4.98 Å². The van der Waals surface area contributed by atoms with Gasteiger partial charge in [0.05, 0.1) is 26.7 Å². The van der Waals surface area contributed by atoms with Crippen molar-refractivity contribution in [3.63, 3.8) is 0 Å². The molecular weight excluding hydrogens is 392 g/mol. The van der Waals surface area contributed by atoms with E-state index >= 15 is 0 Å². The van der Waals surface area contributed by atoms with Crippen molar-refractivity contribution in [3.05, 3.63) is 28.5 Å². The Labute approximate surface area is 152 Å². The van der Waals surface area contributed by atoms with Crippen LogP contribution in [-0.4, -0.2) is 41.0 Å². The second-order valence-electron chi connectivity index (χ2n) is 5.25. The van der Waals surface area contributed by atoms with Crippen LogP contribution in [-0.2, 0) is 6.54 Å². The molecule has 2 aromatic heterocycles. The molecule has 0 aliphatic rings. The molecule has 9 heteroatoms. The SMILES string of the molecule is COc1cc(Cn2cc(O)c3c(Br)nc(N)nc32)cc(OC)c1OC. The summed E-state index contributed by atoms with van der Waals surface area (Å²) < 4.78 is 18.3. The van der Waals surface area contributed by atoms with Crippen LogP contribution in [0, 0.1) is 0 Å². The van der Waals surface area contributed by atoms with Crippen LogP contribution in [0.3, 0.4) is 0 Å². The third-order valence-electron chi connectivity index (χ3n) is 3.75. The monoisotopic (exact) mass is 408 g/mol. The number of halogens is 1. The lowest BCUT2D eigenvalue weighted by atomic mass is 10.1. The molecular formula is C16H17BrN4O4. The fourth-order valence-electron chi connectivity index (χ4n) is 2.68. The molecule has 132 valence electrons. The zero-order valence-corrected chi connectivity index (χ0v) is 15.5. The molecule has 0 unspecified atom stereocenters. The van der Waals surface area contributed by atoms with Crippen molar-refractivity contribution in [2.24, 2.45) is 0 Å². The van der Waals surface area contributed by atoms with E-state index in [0.29, 0.717) is 39.4 Å². The summed E-state index contributed by atoms with van der Waals surface area (Å²) in [5.41, 5.74) is 7.12. The first-order chi connectivity index (χ1) is 12.0. The van der Waals surface area contributed by atoms with Crippen LogP contribution in [0.5, 0.6) is 23.0 Å². The lowest BCUT2D eigenvalue weighted by molar-refractivity contribution is 0.323. The number of nitrogens with zero attached hydrogens (tertiary/aromatic N) is 3. The summed E-state index contributed by atoms with van der Waals surface area (Å²) in [6.07, 6.45) is 1.58. The molecule has 0 atom stereocenters. The Balaban J connectivity index is 2.10. The fourth-order valence-corrected chi connectivity index (χ4v) is 3.25. The lowest BCUT2D eigenvalue weighted by Crippen LogP contribution is -2.04. The topological polar surface area (TPSA) is 105 Å². The molecule has 3 aromatic rings. The first kappa shape index (κ1) is 17.2. The Morgan fingerprint density at radius 3 is 2.32 bits per heavy atom. The molecule has 0 saturated heterocycles. The van der Waals surface area contributed by atoms with Crippen molar-refractivity contribution >= 4 is 32.9 Å². The molecule has 3 rings (SSSR count). The Hall–Kier alpha value is -2.68. The second kappa shape index (κ2) is 6.67. The molecule has 0 radical (unpaired) electrons. The van der Waals surface area contributed by atoms with Crippen molar-refractivity contribution in [1.82, 2.24) is 14.5 Å². The van der Waals surface area contributed by atoms with Crippen molar-refractivity contribution in [3.8, 4) is 23.0 Å². The summed E-state index contributed by atoms with van der Waals surface area (Å²) in [4.78, 5) is 8.24. The summed E-state index contributed by atoms with van der Waals surface area (Å²) in [6.45, 7) is 0.413. The predicted molar refractivity (Wildman–Crippen MR) is 96.5 cm³/mol.